The van der Waals surface area contributed by atoms with Crippen LogP contribution in [0.3, 0.4) is 0 Å². The molecule has 0 saturated carbocycles. The first-order valence-corrected chi connectivity index (χ1v) is 9.53. The molecule has 1 aliphatic heterocycles. The van der Waals surface area contributed by atoms with Crippen molar-refractivity contribution in [3.8, 4) is 6.07 Å². The third-order valence-corrected chi connectivity index (χ3v) is 6.04. The van der Waals surface area contributed by atoms with Crippen LogP contribution in [0.25, 0.3) is 11.6 Å². The second kappa shape index (κ2) is 6.21. The molecule has 3 heterocycles. The van der Waals surface area contributed by atoms with Crippen LogP contribution in [0.2, 0.25) is 0 Å². The number of allylic oxidation sites excluding steroid dienone is 1. The fourth-order valence-electron chi connectivity index (χ4n) is 3.04. The van der Waals surface area contributed by atoms with E-state index in [2.05, 4.69) is 16.2 Å². The molecular formula is C17H18N4O2S. The Morgan fingerprint density at radius 1 is 1.42 bits per heavy atom. The van der Waals surface area contributed by atoms with Gasteiger partial charge in [0.05, 0.1) is 34.5 Å². The molecule has 1 fully saturated rings. The first kappa shape index (κ1) is 16.4. The standard InChI is InChI=1S/C17H18N4O2S/c1-12-16(9-14(10-18)17-5-3-4-7-19-17)13(2)21(20-12)15-6-8-24(22,23)11-15/h3-5,7,9,15H,6,8,11H2,1-2H3. The van der Waals surface area contributed by atoms with Crippen molar-refractivity contribution in [3.05, 3.63) is 47.0 Å². The van der Waals surface area contributed by atoms with Crippen LogP contribution in [0.15, 0.2) is 24.4 Å². The third-order valence-electron chi connectivity index (χ3n) is 4.29. The summed E-state index contributed by atoms with van der Waals surface area (Å²) in [5, 5.41) is 14.0. The van der Waals surface area contributed by atoms with Crippen LogP contribution >= 0.6 is 0 Å². The number of aromatic nitrogens is 3. The summed E-state index contributed by atoms with van der Waals surface area (Å²) in [6.45, 7) is 3.77. The number of hydrogen-bond acceptors (Lipinski definition) is 5. The Morgan fingerprint density at radius 2 is 2.21 bits per heavy atom. The number of rotatable bonds is 3. The zero-order valence-electron chi connectivity index (χ0n) is 13.6. The first-order valence-electron chi connectivity index (χ1n) is 7.70. The van der Waals surface area contributed by atoms with E-state index in [-0.39, 0.29) is 17.5 Å². The van der Waals surface area contributed by atoms with Gasteiger partial charge in [0.15, 0.2) is 9.84 Å². The highest BCUT2D eigenvalue weighted by molar-refractivity contribution is 7.91. The summed E-state index contributed by atoms with van der Waals surface area (Å²) in [7, 11) is -2.97. The van der Waals surface area contributed by atoms with Gasteiger partial charge in [-0.25, -0.2) is 8.42 Å². The minimum Gasteiger partial charge on any atom is -0.265 e. The predicted octanol–water partition coefficient (Wildman–Crippen LogP) is 2.32. The summed E-state index contributed by atoms with van der Waals surface area (Å²) in [4.78, 5) is 4.21. The fraction of sp³-hybridized carbons (Fsp3) is 0.353. The third kappa shape index (κ3) is 3.10. The highest BCUT2D eigenvalue weighted by Crippen LogP contribution is 2.28. The van der Waals surface area contributed by atoms with E-state index in [0.717, 1.165) is 17.0 Å². The van der Waals surface area contributed by atoms with Crippen LogP contribution in [0.1, 0.15) is 35.1 Å². The number of sulfone groups is 1. The summed E-state index contributed by atoms with van der Waals surface area (Å²) in [6.07, 6.45) is 4.01. The van der Waals surface area contributed by atoms with Gasteiger partial charge in [0.1, 0.15) is 6.07 Å². The molecule has 0 aliphatic carbocycles. The summed E-state index contributed by atoms with van der Waals surface area (Å²) in [5.41, 5.74) is 3.57. The molecule has 1 aliphatic rings. The highest BCUT2D eigenvalue weighted by atomic mass is 32.2. The molecule has 24 heavy (non-hydrogen) atoms. The summed E-state index contributed by atoms with van der Waals surface area (Å²) in [5.74, 6) is 0.335. The van der Waals surface area contributed by atoms with E-state index in [1.807, 2.05) is 19.9 Å². The molecule has 124 valence electrons. The van der Waals surface area contributed by atoms with E-state index in [0.29, 0.717) is 17.7 Å². The van der Waals surface area contributed by atoms with Gasteiger partial charge >= 0.3 is 0 Å². The van der Waals surface area contributed by atoms with Crippen molar-refractivity contribution in [2.75, 3.05) is 11.5 Å². The van der Waals surface area contributed by atoms with Gasteiger partial charge < -0.3 is 0 Å². The van der Waals surface area contributed by atoms with E-state index >= 15 is 0 Å². The molecule has 1 saturated heterocycles. The van der Waals surface area contributed by atoms with Crippen molar-refractivity contribution in [1.82, 2.24) is 14.8 Å². The monoisotopic (exact) mass is 342 g/mol. The molecule has 2 aromatic heterocycles. The van der Waals surface area contributed by atoms with E-state index < -0.39 is 9.84 Å². The number of nitriles is 1. The molecule has 1 atom stereocenters. The van der Waals surface area contributed by atoms with Crippen molar-refractivity contribution in [3.63, 3.8) is 0 Å². The Bertz CT molecular complexity index is 937. The lowest BCUT2D eigenvalue weighted by atomic mass is 10.1. The Hall–Kier alpha value is -2.46. The topological polar surface area (TPSA) is 88.6 Å². The second-order valence-electron chi connectivity index (χ2n) is 5.97. The van der Waals surface area contributed by atoms with Crippen LogP contribution in [0, 0.1) is 25.2 Å². The second-order valence-corrected chi connectivity index (χ2v) is 8.20. The molecule has 7 heteroatoms. The Labute approximate surface area is 141 Å². The van der Waals surface area contributed by atoms with E-state index in [4.69, 9.17) is 0 Å². The largest absolute Gasteiger partial charge is 0.265 e. The minimum atomic E-state index is -2.97. The van der Waals surface area contributed by atoms with Crippen LogP contribution in [0.5, 0.6) is 0 Å². The van der Waals surface area contributed by atoms with Crippen molar-refractivity contribution < 1.29 is 8.42 Å². The molecule has 2 aromatic rings. The first-order chi connectivity index (χ1) is 11.4. The molecule has 0 spiro atoms. The van der Waals surface area contributed by atoms with E-state index in [9.17, 15) is 13.7 Å². The average Bonchev–Trinajstić information content (AvgIpc) is 3.06. The quantitative estimate of drug-likeness (QED) is 0.799. The van der Waals surface area contributed by atoms with Gasteiger partial charge in [-0.2, -0.15) is 10.4 Å². The van der Waals surface area contributed by atoms with Crippen LogP contribution in [0.4, 0.5) is 0 Å². The van der Waals surface area contributed by atoms with Gasteiger partial charge in [-0.3, -0.25) is 9.67 Å². The molecule has 6 nitrogen and oxygen atoms in total. The van der Waals surface area contributed by atoms with Crippen molar-refractivity contribution >= 4 is 21.5 Å². The maximum absolute atomic E-state index is 11.7. The maximum atomic E-state index is 11.7. The normalized spacial score (nSPS) is 20.0. The number of pyridine rings is 1. The van der Waals surface area contributed by atoms with Gasteiger partial charge in [0.25, 0.3) is 0 Å². The smallest absolute Gasteiger partial charge is 0.152 e. The summed E-state index contributed by atoms with van der Waals surface area (Å²) >= 11 is 0. The predicted molar refractivity (Wildman–Crippen MR) is 91.7 cm³/mol. The molecular weight excluding hydrogens is 324 g/mol. The lowest BCUT2D eigenvalue weighted by Crippen LogP contribution is -2.13. The SMILES string of the molecule is Cc1nn(C2CCS(=O)(=O)C2)c(C)c1C=C(C#N)c1ccccn1. The van der Waals surface area contributed by atoms with Crippen molar-refractivity contribution in [2.45, 2.75) is 26.3 Å². The fourth-order valence-corrected chi connectivity index (χ4v) is 4.73. The summed E-state index contributed by atoms with van der Waals surface area (Å²) in [6, 6.07) is 7.47. The Morgan fingerprint density at radius 3 is 2.79 bits per heavy atom. The van der Waals surface area contributed by atoms with Crippen LogP contribution in [-0.2, 0) is 9.84 Å². The van der Waals surface area contributed by atoms with Crippen molar-refractivity contribution in [2.24, 2.45) is 0 Å². The highest BCUT2D eigenvalue weighted by Gasteiger charge is 2.31. The molecule has 3 rings (SSSR count). The van der Waals surface area contributed by atoms with Crippen molar-refractivity contribution in [1.29, 1.82) is 5.26 Å². The molecule has 1 unspecified atom stereocenters. The molecule has 0 N–H and O–H groups in total. The van der Waals surface area contributed by atoms with Gasteiger partial charge in [0.2, 0.25) is 0 Å². The van der Waals surface area contributed by atoms with Gasteiger partial charge in [-0.05, 0) is 38.5 Å². The lowest BCUT2D eigenvalue weighted by Gasteiger charge is -2.11. The molecule has 0 radical (unpaired) electrons. The van der Waals surface area contributed by atoms with E-state index in [1.165, 1.54) is 0 Å². The maximum Gasteiger partial charge on any atom is 0.152 e. The number of hydrogen-bond donors (Lipinski definition) is 0. The Balaban J connectivity index is 2.01. The van der Waals surface area contributed by atoms with Gasteiger partial charge in [-0.15, -0.1) is 0 Å². The van der Waals surface area contributed by atoms with Gasteiger partial charge in [-0.1, -0.05) is 6.07 Å². The number of nitrogens with zero attached hydrogens (tertiary/aromatic N) is 4. The zero-order valence-corrected chi connectivity index (χ0v) is 14.4. The Kier molecular flexibility index (Phi) is 4.24. The summed E-state index contributed by atoms with van der Waals surface area (Å²) < 4.78 is 25.2. The molecule has 0 bridgehead atoms. The lowest BCUT2D eigenvalue weighted by molar-refractivity contribution is 0.486. The molecule has 0 amide bonds. The zero-order chi connectivity index (χ0) is 17.3. The molecule has 0 aromatic carbocycles. The van der Waals surface area contributed by atoms with E-state index in [1.54, 1.807) is 29.1 Å². The van der Waals surface area contributed by atoms with Crippen LogP contribution in [-0.4, -0.2) is 34.7 Å². The van der Waals surface area contributed by atoms with Gasteiger partial charge in [0, 0.05) is 17.5 Å². The minimum absolute atomic E-state index is 0.128. The average molecular weight is 342 g/mol. The number of aryl methyl sites for hydroxylation is 1. The van der Waals surface area contributed by atoms with Crippen LogP contribution < -0.4 is 0 Å².